The van der Waals surface area contributed by atoms with Crippen LogP contribution < -0.4 is 15.8 Å². The second kappa shape index (κ2) is 7.50. The Bertz CT molecular complexity index is 436. The molecule has 0 saturated heterocycles. The third-order valence-corrected chi connectivity index (χ3v) is 4.03. The zero-order valence-electron chi connectivity index (χ0n) is 11.5. The fourth-order valence-corrected chi connectivity index (χ4v) is 2.80. The molecule has 3 N–H and O–H groups in total. The van der Waals surface area contributed by atoms with E-state index in [-0.39, 0.29) is 11.8 Å². The van der Waals surface area contributed by atoms with Gasteiger partial charge in [-0.1, -0.05) is 18.0 Å². The predicted octanol–water partition coefficient (Wildman–Crippen LogP) is 2.21. The van der Waals surface area contributed by atoms with E-state index < -0.39 is 0 Å². The summed E-state index contributed by atoms with van der Waals surface area (Å²) in [6, 6.07) is 7.18. The molecule has 1 aliphatic carbocycles. The molecule has 0 radical (unpaired) electrons. The first-order chi connectivity index (χ1) is 9.70. The molecule has 0 unspecified atom stereocenters. The van der Waals surface area contributed by atoms with Crippen LogP contribution in [0.25, 0.3) is 0 Å². The quantitative estimate of drug-likeness (QED) is 0.791. The van der Waals surface area contributed by atoms with E-state index in [2.05, 4.69) is 5.32 Å². The van der Waals surface area contributed by atoms with E-state index in [1.807, 2.05) is 12.1 Å². The highest BCUT2D eigenvalue weighted by Crippen LogP contribution is 2.30. The lowest BCUT2D eigenvalue weighted by molar-refractivity contribution is -0.126. The summed E-state index contributed by atoms with van der Waals surface area (Å²) >= 11 is 5.79. The van der Waals surface area contributed by atoms with Gasteiger partial charge in [0.15, 0.2) is 0 Å². The highest BCUT2D eigenvalue weighted by molar-refractivity contribution is 6.30. The molecule has 2 atom stereocenters. The maximum atomic E-state index is 12.0. The van der Waals surface area contributed by atoms with Crippen LogP contribution in [0.2, 0.25) is 5.02 Å². The minimum atomic E-state index is 0.0792. The number of hydrogen-bond donors (Lipinski definition) is 2. The molecule has 0 bridgehead atoms. The highest BCUT2D eigenvalue weighted by Gasteiger charge is 2.31. The molecule has 0 heterocycles. The lowest BCUT2D eigenvalue weighted by Crippen LogP contribution is -2.37. The van der Waals surface area contributed by atoms with E-state index in [0.29, 0.717) is 30.6 Å². The van der Waals surface area contributed by atoms with Gasteiger partial charge in [0, 0.05) is 10.9 Å². The average molecular weight is 297 g/mol. The molecule has 1 fully saturated rings. The van der Waals surface area contributed by atoms with Gasteiger partial charge < -0.3 is 15.8 Å². The standard InChI is InChI=1S/C15H21ClN2O2/c16-12-4-6-13(7-5-12)20-9-8-18-15(19)14-3-1-2-11(14)10-17/h4-7,11,14H,1-3,8-10,17H2,(H,18,19)/t11-,14-/m1/s1. The third-order valence-electron chi connectivity index (χ3n) is 3.78. The number of carbonyl (C=O) groups is 1. The molecule has 1 amide bonds. The van der Waals surface area contributed by atoms with Crippen LogP contribution in [-0.2, 0) is 4.79 Å². The van der Waals surface area contributed by atoms with Crippen LogP contribution in [0.1, 0.15) is 19.3 Å². The van der Waals surface area contributed by atoms with Crippen molar-refractivity contribution in [2.45, 2.75) is 19.3 Å². The Labute approximate surface area is 124 Å². The summed E-state index contributed by atoms with van der Waals surface area (Å²) in [5, 5.41) is 3.61. The Kier molecular flexibility index (Phi) is 5.68. The Morgan fingerprint density at radius 2 is 2.10 bits per heavy atom. The maximum absolute atomic E-state index is 12.0. The molecule has 1 aromatic carbocycles. The van der Waals surface area contributed by atoms with Crippen LogP contribution in [0.15, 0.2) is 24.3 Å². The molecule has 1 saturated carbocycles. The topological polar surface area (TPSA) is 64.4 Å². The van der Waals surface area contributed by atoms with E-state index in [1.54, 1.807) is 12.1 Å². The summed E-state index contributed by atoms with van der Waals surface area (Å²) in [6.45, 7) is 1.56. The highest BCUT2D eigenvalue weighted by atomic mass is 35.5. The molecule has 4 nitrogen and oxygen atoms in total. The van der Waals surface area contributed by atoms with Gasteiger partial charge in [-0.2, -0.15) is 0 Å². The molecule has 110 valence electrons. The summed E-state index contributed by atoms with van der Waals surface area (Å²) in [4.78, 5) is 12.0. The Morgan fingerprint density at radius 3 is 2.80 bits per heavy atom. The Hall–Kier alpha value is -1.26. The molecular formula is C15H21ClN2O2. The van der Waals surface area contributed by atoms with Gasteiger partial charge in [-0.3, -0.25) is 4.79 Å². The molecule has 0 spiro atoms. The van der Waals surface area contributed by atoms with E-state index in [0.717, 1.165) is 25.0 Å². The first kappa shape index (κ1) is 15.1. The molecule has 20 heavy (non-hydrogen) atoms. The van der Waals surface area contributed by atoms with Gasteiger partial charge in [-0.15, -0.1) is 0 Å². The van der Waals surface area contributed by atoms with Gasteiger partial charge in [0.25, 0.3) is 0 Å². The molecule has 1 aliphatic rings. The van der Waals surface area contributed by atoms with Gasteiger partial charge >= 0.3 is 0 Å². The number of carbonyl (C=O) groups excluding carboxylic acids is 1. The van der Waals surface area contributed by atoms with Crippen molar-refractivity contribution in [1.29, 1.82) is 0 Å². The fourth-order valence-electron chi connectivity index (χ4n) is 2.67. The second-order valence-electron chi connectivity index (χ2n) is 5.13. The van der Waals surface area contributed by atoms with Gasteiger partial charge in [-0.05, 0) is 49.6 Å². The van der Waals surface area contributed by atoms with Crippen molar-refractivity contribution in [2.75, 3.05) is 19.7 Å². The average Bonchev–Trinajstić information content (AvgIpc) is 2.94. The molecule has 0 aliphatic heterocycles. The first-order valence-corrected chi connectivity index (χ1v) is 7.44. The molecule has 1 aromatic rings. The minimum absolute atomic E-state index is 0.0792. The normalized spacial score (nSPS) is 21.7. The maximum Gasteiger partial charge on any atom is 0.223 e. The first-order valence-electron chi connectivity index (χ1n) is 7.07. The second-order valence-corrected chi connectivity index (χ2v) is 5.56. The molecule has 5 heteroatoms. The van der Waals surface area contributed by atoms with Crippen LogP contribution in [0.4, 0.5) is 0 Å². The largest absolute Gasteiger partial charge is 0.492 e. The monoisotopic (exact) mass is 296 g/mol. The number of nitrogens with one attached hydrogen (secondary N) is 1. The van der Waals surface area contributed by atoms with Crippen molar-refractivity contribution in [3.8, 4) is 5.75 Å². The van der Waals surface area contributed by atoms with E-state index in [1.165, 1.54) is 0 Å². The van der Waals surface area contributed by atoms with E-state index in [4.69, 9.17) is 22.1 Å². The Balaban J connectivity index is 1.68. The Morgan fingerprint density at radius 1 is 1.35 bits per heavy atom. The fraction of sp³-hybridized carbons (Fsp3) is 0.533. The minimum Gasteiger partial charge on any atom is -0.492 e. The van der Waals surface area contributed by atoms with E-state index in [9.17, 15) is 4.79 Å². The zero-order chi connectivity index (χ0) is 14.4. The number of rotatable bonds is 6. The van der Waals surface area contributed by atoms with Crippen molar-refractivity contribution in [1.82, 2.24) is 5.32 Å². The number of hydrogen-bond acceptors (Lipinski definition) is 3. The smallest absolute Gasteiger partial charge is 0.223 e. The number of nitrogens with two attached hydrogens (primary N) is 1. The summed E-state index contributed by atoms with van der Waals surface area (Å²) < 4.78 is 5.53. The zero-order valence-corrected chi connectivity index (χ0v) is 12.2. The van der Waals surface area contributed by atoms with Crippen molar-refractivity contribution < 1.29 is 9.53 Å². The van der Waals surface area contributed by atoms with Crippen LogP contribution in [-0.4, -0.2) is 25.6 Å². The van der Waals surface area contributed by atoms with Crippen LogP contribution in [0.3, 0.4) is 0 Å². The van der Waals surface area contributed by atoms with Crippen LogP contribution >= 0.6 is 11.6 Å². The van der Waals surface area contributed by atoms with Gasteiger partial charge in [0.2, 0.25) is 5.91 Å². The summed E-state index contributed by atoms with van der Waals surface area (Å²) in [5.74, 6) is 1.28. The van der Waals surface area contributed by atoms with Crippen molar-refractivity contribution in [3.05, 3.63) is 29.3 Å². The van der Waals surface area contributed by atoms with Crippen molar-refractivity contribution in [2.24, 2.45) is 17.6 Å². The molecule has 0 aromatic heterocycles. The van der Waals surface area contributed by atoms with E-state index >= 15 is 0 Å². The number of halogens is 1. The lowest BCUT2D eigenvalue weighted by Gasteiger charge is -2.17. The van der Waals surface area contributed by atoms with Gasteiger partial charge in [0.1, 0.15) is 12.4 Å². The van der Waals surface area contributed by atoms with Crippen LogP contribution in [0.5, 0.6) is 5.75 Å². The SMILES string of the molecule is NC[C@H]1CCC[C@H]1C(=O)NCCOc1ccc(Cl)cc1. The lowest BCUT2D eigenvalue weighted by atomic mass is 9.95. The molecular weight excluding hydrogens is 276 g/mol. The van der Waals surface area contributed by atoms with Crippen molar-refractivity contribution >= 4 is 17.5 Å². The number of amides is 1. The van der Waals surface area contributed by atoms with Gasteiger partial charge in [0.05, 0.1) is 6.54 Å². The predicted molar refractivity (Wildman–Crippen MR) is 79.8 cm³/mol. The number of ether oxygens (including phenoxy) is 1. The third kappa shape index (κ3) is 4.12. The number of benzene rings is 1. The van der Waals surface area contributed by atoms with Crippen molar-refractivity contribution in [3.63, 3.8) is 0 Å². The summed E-state index contributed by atoms with van der Waals surface area (Å²) in [6.07, 6.45) is 3.11. The summed E-state index contributed by atoms with van der Waals surface area (Å²) in [7, 11) is 0. The summed E-state index contributed by atoms with van der Waals surface area (Å²) in [5.41, 5.74) is 5.69. The van der Waals surface area contributed by atoms with Gasteiger partial charge in [-0.25, -0.2) is 0 Å². The molecule has 2 rings (SSSR count). The van der Waals surface area contributed by atoms with Crippen LogP contribution in [0, 0.1) is 11.8 Å².